The molecule has 1 saturated heterocycles. The zero-order chi connectivity index (χ0) is 20.6. The fourth-order valence-electron chi connectivity index (χ4n) is 2.73. The van der Waals surface area contributed by atoms with Crippen molar-refractivity contribution in [1.29, 1.82) is 0 Å². The van der Waals surface area contributed by atoms with Crippen LogP contribution in [0.3, 0.4) is 0 Å². The van der Waals surface area contributed by atoms with Gasteiger partial charge in [0.2, 0.25) is 0 Å². The average molecular weight is 407 g/mol. The molecule has 11 heteroatoms. The first-order valence-electron chi connectivity index (χ1n) is 8.69. The van der Waals surface area contributed by atoms with Crippen molar-refractivity contribution in [3.8, 4) is 0 Å². The number of aromatic amines is 1. The van der Waals surface area contributed by atoms with E-state index < -0.39 is 42.9 Å². The molecule has 0 spiro atoms. The van der Waals surface area contributed by atoms with E-state index in [0.717, 1.165) is 23.8 Å². The molecule has 0 saturated carbocycles. The van der Waals surface area contributed by atoms with Crippen LogP contribution in [0.5, 0.6) is 0 Å². The smallest absolute Gasteiger partial charge is 0.330 e. The SMILES string of the molecule is CC(C)[C@@H](C)NP(C)(=O)OC[C@H]1O[C@@H](n2ccc(=O)[nH]c2=O)[C@](C)(F)[C@@H]1O. The third-order valence-electron chi connectivity index (χ3n) is 4.74. The number of hydrogen-bond donors (Lipinski definition) is 3. The molecule has 6 atom stereocenters. The largest absolute Gasteiger partial charge is 0.387 e. The van der Waals surface area contributed by atoms with Crippen LogP contribution >= 0.6 is 7.52 Å². The summed E-state index contributed by atoms with van der Waals surface area (Å²) in [5, 5.41) is 13.2. The molecule has 2 rings (SSSR count). The van der Waals surface area contributed by atoms with Gasteiger partial charge in [-0.3, -0.25) is 18.9 Å². The Kier molecular flexibility index (Phi) is 6.48. The lowest BCUT2D eigenvalue weighted by Gasteiger charge is -2.25. The highest BCUT2D eigenvalue weighted by Gasteiger charge is 2.55. The standard InChI is InChI=1S/C16H27FN3O6P/c1-9(2)10(3)19-27(5,24)25-8-11-13(22)16(4,17)14(26-11)20-7-6-12(21)18-15(20)23/h6-7,9-11,13-14,22H,8H2,1-5H3,(H,19,24)(H,18,21,23)/t10-,11-,13-,14-,16-,27?/m1/s1. The molecule has 1 aromatic rings. The van der Waals surface area contributed by atoms with Gasteiger partial charge in [-0.25, -0.2) is 14.3 Å². The summed E-state index contributed by atoms with van der Waals surface area (Å²) in [7, 11) is -3.21. The highest BCUT2D eigenvalue weighted by atomic mass is 31.2. The monoisotopic (exact) mass is 407 g/mol. The Hall–Kier alpha value is -1.32. The van der Waals surface area contributed by atoms with Crippen LogP contribution in [0.25, 0.3) is 0 Å². The van der Waals surface area contributed by atoms with Crippen molar-refractivity contribution in [2.24, 2.45) is 5.92 Å². The predicted molar refractivity (Wildman–Crippen MR) is 97.7 cm³/mol. The van der Waals surface area contributed by atoms with Crippen LogP contribution in [-0.4, -0.2) is 51.8 Å². The molecule has 0 aromatic carbocycles. The number of rotatable bonds is 7. The van der Waals surface area contributed by atoms with Crippen LogP contribution in [0, 0.1) is 5.92 Å². The van der Waals surface area contributed by atoms with E-state index in [0.29, 0.717) is 0 Å². The lowest BCUT2D eigenvalue weighted by Crippen LogP contribution is -2.43. The van der Waals surface area contributed by atoms with E-state index in [1.54, 1.807) is 0 Å². The summed E-state index contributed by atoms with van der Waals surface area (Å²) in [6.07, 6.45) is -3.14. The lowest BCUT2D eigenvalue weighted by atomic mass is 9.98. The summed E-state index contributed by atoms with van der Waals surface area (Å²) >= 11 is 0. The summed E-state index contributed by atoms with van der Waals surface area (Å²) < 4.78 is 39.3. The fraction of sp³-hybridized carbons (Fsp3) is 0.750. The van der Waals surface area contributed by atoms with E-state index in [4.69, 9.17) is 9.26 Å². The molecule has 0 amide bonds. The predicted octanol–water partition coefficient (Wildman–Crippen LogP) is 0.997. The van der Waals surface area contributed by atoms with Gasteiger partial charge in [-0.15, -0.1) is 0 Å². The summed E-state index contributed by atoms with van der Waals surface area (Å²) in [6.45, 7) is 7.94. The Morgan fingerprint density at radius 1 is 1.48 bits per heavy atom. The van der Waals surface area contributed by atoms with E-state index in [2.05, 4.69) is 5.09 Å². The quantitative estimate of drug-likeness (QED) is 0.576. The summed E-state index contributed by atoms with van der Waals surface area (Å²) in [5.41, 5.74) is -3.82. The first-order chi connectivity index (χ1) is 12.3. The maximum atomic E-state index is 15.1. The van der Waals surface area contributed by atoms with Gasteiger partial charge in [0, 0.05) is 25.0 Å². The highest BCUT2D eigenvalue weighted by molar-refractivity contribution is 7.56. The van der Waals surface area contributed by atoms with Crippen molar-refractivity contribution in [2.75, 3.05) is 13.3 Å². The zero-order valence-electron chi connectivity index (χ0n) is 16.0. The van der Waals surface area contributed by atoms with Crippen LogP contribution < -0.4 is 16.3 Å². The molecule has 0 radical (unpaired) electrons. The summed E-state index contributed by atoms with van der Waals surface area (Å²) in [4.78, 5) is 25.1. The molecule has 27 heavy (non-hydrogen) atoms. The van der Waals surface area contributed by atoms with Gasteiger partial charge in [-0.1, -0.05) is 13.8 Å². The second-order valence-corrected chi connectivity index (χ2v) is 9.65. The zero-order valence-corrected chi connectivity index (χ0v) is 16.9. The Labute approximate surface area is 156 Å². The minimum absolute atomic E-state index is 0.0748. The van der Waals surface area contributed by atoms with Gasteiger partial charge >= 0.3 is 5.69 Å². The van der Waals surface area contributed by atoms with E-state index in [1.807, 2.05) is 25.8 Å². The Morgan fingerprint density at radius 2 is 2.11 bits per heavy atom. The van der Waals surface area contributed by atoms with E-state index in [1.165, 1.54) is 6.66 Å². The van der Waals surface area contributed by atoms with Gasteiger partial charge in [0.15, 0.2) is 11.9 Å². The molecule has 1 aliphatic rings. The van der Waals surface area contributed by atoms with Crippen molar-refractivity contribution in [3.63, 3.8) is 0 Å². The molecule has 1 aromatic heterocycles. The van der Waals surface area contributed by atoms with E-state index in [-0.39, 0.29) is 18.6 Å². The number of alkyl halides is 1. The number of H-pyrrole nitrogens is 1. The number of aliphatic hydroxyl groups is 1. The number of aliphatic hydroxyl groups excluding tert-OH is 1. The van der Waals surface area contributed by atoms with Crippen LogP contribution in [0.1, 0.15) is 33.9 Å². The Balaban J connectivity index is 2.13. The Morgan fingerprint density at radius 3 is 2.67 bits per heavy atom. The van der Waals surface area contributed by atoms with Crippen LogP contribution in [0.4, 0.5) is 4.39 Å². The number of ether oxygens (including phenoxy) is 1. The maximum absolute atomic E-state index is 15.1. The second-order valence-electron chi connectivity index (χ2n) is 7.44. The molecule has 1 unspecified atom stereocenters. The molecule has 3 N–H and O–H groups in total. The minimum atomic E-state index is -3.21. The molecular weight excluding hydrogens is 380 g/mol. The molecule has 0 aliphatic carbocycles. The minimum Gasteiger partial charge on any atom is -0.387 e. The first-order valence-corrected chi connectivity index (χ1v) is 10.8. The molecule has 154 valence electrons. The van der Waals surface area contributed by atoms with Crippen LogP contribution in [-0.2, 0) is 13.8 Å². The summed E-state index contributed by atoms with van der Waals surface area (Å²) in [5.74, 6) is 0.223. The van der Waals surface area contributed by atoms with Crippen molar-refractivity contribution in [1.82, 2.24) is 14.6 Å². The van der Waals surface area contributed by atoms with Gasteiger partial charge in [0.25, 0.3) is 13.1 Å². The van der Waals surface area contributed by atoms with Crippen molar-refractivity contribution in [2.45, 2.75) is 57.8 Å². The number of halogens is 1. The fourth-order valence-corrected chi connectivity index (χ4v) is 4.28. The number of hydrogen-bond acceptors (Lipinski definition) is 6. The molecule has 0 bridgehead atoms. The normalized spacial score (nSPS) is 31.8. The molecule has 1 aliphatic heterocycles. The van der Waals surface area contributed by atoms with Crippen molar-refractivity contribution < 1.29 is 23.3 Å². The molecule has 2 heterocycles. The third-order valence-corrected chi connectivity index (χ3v) is 6.26. The van der Waals surface area contributed by atoms with E-state index >= 15 is 4.39 Å². The summed E-state index contributed by atoms with van der Waals surface area (Å²) in [6, 6.07) is 0.975. The van der Waals surface area contributed by atoms with Crippen molar-refractivity contribution >= 4 is 7.52 Å². The van der Waals surface area contributed by atoms with Crippen LogP contribution in [0.2, 0.25) is 0 Å². The second kappa shape index (κ2) is 7.97. The van der Waals surface area contributed by atoms with Gasteiger partial charge in [-0.2, -0.15) is 0 Å². The van der Waals surface area contributed by atoms with Gasteiger partial charge in [0.05, 0.1) is 6.61 Å². The topological polar surface area (TPSA) is 123 Å². The number of nitrogens with one attached hydrogen (secondary N) is 2. The maximum Gasteiger partial charge on any atom is 0.330 e. The van der Waals surface area contributed by atoms with Gasteiger partial charge in [-0.05, 0) is 19.8 Å². The van der Waals surface area contributed by atoms with Gasteiger partial charge < -0.3 is 14.4 Å². The van der Waals surface area contributed by atoms with Crippen molar-refractivity contribution in [3.05, 3.63) is 33.1 Å². The molecular formula is C16H27FN3O6P. The van der Waals surface area contributed by atoms with Crippen LogP contribution in [0.15, 0.2) is 21.9 Å². The highest BCUT2D eigenvalue weighted by Crippen LogP contribution is 2.44. The van der Waals surface area contributed by atoms with Gasteiger partial charge in [0.1, 0.15) is 12.2 Å². The molecule has 1 fully saturated rings. The Bertz CT molecular complexity index is 823. The number of aromatic nitrogens is 2. The van der Waals surface area contributed by atoms with E-state index in [9.17, 15) is 19.3 Å². The first kappa shape index (κ1) is 22.0. The average Bonchev–Trinajstić information content (AvgIpc) is 2.76. The lowest BCUT2D eigenvalue weighted by molar-refractivity contribution is -0.0585. The third kappa shape index (κ3) is 4.94. The molecule has 9 nitrogen and oxygen atoms in total. The number of nitrogens with zero attached hydrogens (tertiary/aromatic N) is 1.